The van der Waals surface area contributed by atoms with Crippen molar-refractivity contribution in [3.05, 3.63) is 46.5 Å². The average Bonchev–Trinajstić information content (AvgIpc) is 2.84. The van der Waals surface area contributed by atoms with Crippen molar-refractivity contribution in [2.75, 3.05) is 27.4 Å². The Hall–Kier alpha value is -2.27. The lowest BCUT2D eigenvalue weighted by molar-refractivity contribution is 0.306. The van der Waals surface area contributed by atoms with E-state index in [9.17, 15) is 0 Å². The second-order valence-electron chi connectivity index (χ2n) is 12.5. The summed E-state index contributed by atoms with van der Waals surface area (Å²) in [5.74, 6) is 1.70. The van der Waals surface area contributed by atoms with E-state index in [1.807, 2.05) is 24.3 Å². The number of methoxy groups -OCH3 is 2. The van der Waals surface area contributed by atoms with Crippen molar-refractivity contribution in [1.82, 2.24) is 0 Å². The minimum absolute atomic E-state index is 0.724. The molecule has 0 aliphatic carbocycles. The molecule has 2 aromatic carbocycles. The molecule has 0 spiro atoms. The zero-order valence-electron chi connectivity index (χ0n) is 27.1. The first-order chi connectivity index (χ1) is 18.6. The summed E-state index contributed by atoms with van der Waals surface area (Å²) in [4.78, 5) is 10.6. The van der Waals surface area contributed by atoms with Gasteiger partial charge in [-0.1, -0.05) is 0 Å². The Morgan fingerprint density at radius 1 is 0.575 bits per heavy atom. The maximum atomic E-state index is 6.20. The molecule has 222 valence electrons. The van der Waals surface area contributed by atoms with Crippen molar-refractivity contribution in [3.8, 4) is 11.5 Å². The number of aryl methyl sites for hydroxylation is 4. The van der Waals surface area contributed by atoms with Crippen LogP contribution in [0.15, 0.2) is 34.3 Å². The smallest absolute Gasteiger partial charge is 0.183 e. The quantitative estimate of drug-likeness (QED) is 0.119. The first-order valence-electron chi connectivity index (χ1n) is 14.4. The molecule has 40 heavy (non-hydrogen) atoms. The number of benzene rings is 2. The summed E-state index contributed by atoms with van der Waals surface area (Å²) in [6, 6.07) is 8.20. The fraction of sp³-hybridized carbons (Fsp3) is 0.562. The predicted octanol–water partition coefficient (Wildman–Crippen LogP) is 9.05. The molecule has 0 saturated carbocycles. The monoisotopic (exact) mass is 584 g/mol. The van der Waals surface area contributed by atoms with Crippen molar-refractivity contribution in [2.45, 2.75) is 92.7 Å². The van der Waals surface area contributed by atoms with Crippen LogP contribution in [0.4, 0.5) is 11.4 Å². The van der Waals surface area contributed by atoms with Gasteiger partial charge in [-0.2, -0.15) is 0 Å². The number of hydrogen-bond acceptors (Lipinski definition) is 6. The Labute approximate surface area is 245 Å². The van der Waals surface area contributed by atoms with Gasteiger partial charge in [-0.15, -0.1) is 0 Å². The van der Waals surface area contributed by atoms with Gasteiger partial charge < -0.3 is 18.3 Å². The summed E-state index contributed by atoms with van der Waals surface area (Å²) in [7, 11) is 0.212. The van der Waals surface area contributed by atoms with Crippen LogP contribution in [0.3, 0.4) is 0 Å². The van der Waals surface area contributed by atoms with E-state index in [2.05, 4.69) is 67.0 Å². The molecular formula is C32H52N2O4Si2. The van der Waals surface area contributed by atoms with Crippen LogP contribution in [-0.2, 0) is 8.85 Å². The number of nitrogens with zero attached hydrogens (tertiary/aromatic N) is 2. The normalized spacial score (nSPS) is 13.1. The van der Waals surface area contributed by atoms with E-state index >= 15 is 0 Å². The molecule has 0 atom stereocenters. The van der Waals surface area contributed by atoms with Crippen LogP contribution in [0.5, 0.6) is 11.5 Å². The lowest BCUT2D eigenvalue weighted by Crippen LogP contribution is -2.27. The highest BCUT2D eigenvalue weighted by molar-refractivity contribution is 6.70. The van der Waals surface area contributed by atoms with Gasteiger partial charge in [0.1, 0.15) is 11.5 Å². The van der Waals surface area contributed by atoms with Crippen LogP contribution in [0.2, 0.25) is 39.3 Å². The molecule has 2 rings (SSSR count). The first kappa shape index (κ1) is 33.9. The van der Waals surface area contributed by atoms with Crippen molar-refractivity contribution >= 4 is 39.4 Å². The van der Waals surface area contributed by atoms with E-state index in [1.165, 1.54) is 0 Å². The van der Waals surface area contributed by atoms with Crippen molar-refractivity contribution < 1.29 is 18.3 Å². The Morgan fingerprint density at radius 2 is 0.875 bits per heavy atom. The lowest BCUT2D eigenvalue weighted by atomic mass is 10.0. The summed E-state index contributed by atoms with van der Waals surface area (Å²) in [5.41, 5.74) is 8.34. The number of ether oxygens (including phenoxy) is 2. The van der Waals surface area contributed by atoms with Crippen LogP contribution in [0, 0.1) is 27.7 Å². The number of rotatable bonds is 15. The molecule has 6 nitrogen and oxygen atoms in total. The third-order valence-electron chi connectivity index (χ3n) is 6.41. The Bertz CT molecular complexity index is 1050. The zero-order valence-corrected chi connectivity index (χ0v) is 29.1. The second kappa shape index (κ2) is 15.1. The molecule has 2 aromatic rings. The fourth-order valence-corrected chi connectivity index (χ4v) is 5.97. The highest BCUT2D eigenvalue weighted by atomic mass is 28.4. The van der Waals surface area contributed by atoms with Gasteiger partial charge in [0.25, 0.3) is 0 Å². The minimum Gasteiger partial charge on any atom is -0.497 e. The van der Waals surface area contributed by atoms with E-state index in [0.717, 1.165) is 95.4 Å². The maximum Gasteiger partial charge on any atom is 0.183 e. The summed E-state index contributed by atoms with van der Waals surface area (Å²) in [6.07, 6.45) is 3.36. The molecule has 0 aliphatic heterocycles. The van der Waals surface area contributed by atoms with Gasteiger partial charge >= 0.3 is 0 Å². The zero-order chi connectivity index (χ0) is 30.1. The highest BCUT2D eigenvalue weighted by Gasteiger charge is 2.18. The van der Waals surface area contributed by atoms with Crippen LogP contribution >= 0.6 is 0 Å². The lowest BCUT2D eigenvalue weighted by Gasteiger charge is -2.19. The molecule has 8 heteroatoms. The Morgan fingerprint density at radius 3 is 1.12 bits per heavy atom. The average molecular weight is 585 g/mol. The molecule has 0 amide bonds. The molecular weight excluding hydrogens is 533 g/mol. The topological polar surface area (TPSA) is 61.6 Å². The van der Waals surface area contributed by atoms with Crippen molar-refractivity contribution in [2.24, 2.45) is 9.98 Å². The minimum atomic E-state index is -1.60. The molecule has 0 aliphatic rings. The third kappa shape index (κ3) is 11.3. The summed E-state index contributed by atoms with van der Waals surface area (Å²) < 4.78 is 23.4. The van der Waals surface area contributed by atoms with Gasteiger partial charge in [0.15, 0.2) is 16.6 Å². The van der Waals surface area contributed by atoms with Crippen LogP contribution in [-0.4, -0.2) is 55.5 Å². The Kier molecular flexibility index (Phi) is 12.8. The van der Waals surface area contributed by atoms with Gasteiger partial charge in [-0.25, -0.2) is 0 Å². The standard InChI is InChI=1S/C32H52N2O4Si2/c1-23-19-27(35-5)20-24(2)31(23)33-29(15-13-17-37-39(7,8)9)30(16-14-18-38-40(10,11)12)34-32-25(3)21-28(36-6)22-26(32)4/h19-22H,13-18H2,1-12H3. The van der Waals surface area contributed by atoms with E-state index in [0.29, 0.717) is 0 Å². The molecule has 0 heterocycles. The van der Waals surface area contributed by atoms with Gasteiger partial charge in [-0.05, 0) is 139 Å². The van der Waals surface area contributed by atoms with E-state index in [1.54, 1.807) is 14.2 Å². The number of hydrogen-bond donors (Lipinski definition) is 0. The SMILES string of the molecule is COc1cc(C)c(N=C(CCCO[Si](C)(C)C)C(CCCO[Si](C)(C)C)=Nc2c(C)cc(OC)cc2C)c(C)c1. The van der Waals surface area contributed by atoms with Crippen molar-refractivity contribution in [1.29, 1.82) is 0 Å². The van der Waals surface area contributed by atoms with Gasteiger partial charge in [0.2, 0.25) is 0 Å². The van der Waals surface area contributed by atoms with Crippen molar-refractivity contribution in [3.63, 3.8) is 0 Å². The fourth-order valence-electron chi connectivity index (χ4n) is 4.46. The Balaban J connectivity index is 2.61. The first-order valence-corrected chi connectivity index (χ1v) is 21.2. The molecule has 0 fully saturated rings. The van der Waals surface area contributed by atoms with E-state index < -0.39 is 16.6 Å². The summed E-state index contributed by atoms with van der Waals surface area (Å²) in [5, 5.41) is 0. The van der Waals surface area contributed by atoms with Gasteiger partial charge in [0, 0.05) is 13.2 Å². The summed E-state index contributed by atoms with van der Waals surface area (Å²) in [6.45, 7) is 23.2. The van der Waals surface area contributed by atoms with E-state index in [-0.39, 0.29) is 0 Å². The molecule has 0 unspecified atom stereocenters. The molecule has 0 aromatic heterocycles. The molecule has 0 bridgehead atoms. The molecule has 0 saturated heterocycles. The highest BCUT2D eigenvalue weighted by Crippen LogP contribution is 2.32. The molecule has 0 N–H and O–H groups in total. The number of aliphatic imine (C=N–C) groups is 2. The van der Waals surface area contributed by atoms with Crippen LogP contribution < -0.4 is 9.47 Å². The second-order valence-corrected chi connectivity index (χ2v) is 21.5. The largest absolute Gasteiger partial charge is 0.497 e. The van der Waals surface area contributed by atoms with Gasteiger partial charge in [0.05, 0.1) is 37.0 Å². The van der Waals surface area contributed by atoms with Gasteiger partial charge in [-0.3, -0.25) is 9.98 Å². The maximum absolute atomic E-state index is 6.20. The van der Waals surface area contributed by atoms with Crippen LogP contribution in [0.1, 0.15) is 47.9 Å². The summed E-state index contributed by atoms with van der Waals surface area (Å²) >= 11 is 0. The van der Waals surface area contributed by atoms with Crippen LogP contribution in [0.25, 0.3) is 0 Å². The third-order valence-corrected chi connectivity index (χ3v) is 8.55. The van der Waals surface area contributed by atoms with E-state index in [4.69, 9.17) is 28.3 Å². The molecule has 0 radical (unpaired) electrons. The predicted molar refractivity (Wildman–Crippen MR) is 176 cm³/mol.